The molecule has 0 N–H and O–H groups in total. The van der Waals surface area contributed by atoms with Gasteiger partial charge in [0.1, 0.15) is 0 Å². The lowest BCUT2D eigenvalue weighted by molar-refractivity contribution is 0.495. The van der Waals surface area contributed by atoms with Crippen molar-refractivity contribution >= 4 is 10.0 Å². The lowest BCUT2D eigenvalue weighted by Gasteiger charge is -2.46. The van der Waals surface area contributed by atoms with Crippen LogP contribution in [0.15, 0.2) is 81.3 Å². The fourth-order valence-electron chi connectivity index (χ4n) is 3.96. The zero-order valence-corrected chi connectivity index (χ0v) is 16.1. The second-order valence-electron chi connectivity index (χ2n) is 7.35. The Bertz CT molecular complexity index is 679. The fourth-order valence-corrected chi connectivity index (χ4v) is 7.90. The SMILES string of the molecule is C=CS(C1=CC(C)CC=C1)(C1=CC(C)CCC1C)c1ccccc1. The van der Waals surface area contributed by atoms with Crippen LogP contribution in [-0.2, 0) is 0 Å². The third-order valence-electron chi connectivity index (χ3n) is 5.34. The van der Waals surface area contributed by atoms with E-state index in [1.807, 2.05) is 0 Å². The molecule has 0 aliphatic heterocycles. The van der Waals surface area contributed by atoms with Gasteiger partial charge in [0.15, 0.2) is 0 Å². The van der Waals surface area contributed by atoms with E-state index in [-0.39, 0.29) is 0 Å². The molecule has 128 valence electrons. The Labute approximate surface area is 149 Å². The number of benzene rings is 1. The Hall–Kier alpha value is -1.47. The third-order valence-corrected chi connectivity index (χ3v) is 9.15. The maximum absolute atomic E-state index is 4.37. The first-order valence-corrected chi connectivity index (χ1v) is 10.9. The molecule has 24 heavy (non-hydrogen) atoms. The van der Waals surface area contributed by atoms with E-state index < -0.39 is 10.0 Å². The quantitative estimate of drug-likeness (QED) is 0.535. The van der Waals surface area contributed by atoms with Crippen LogP contribution < -0.4 is 0 Å². The van der Waals surface area contributed by atoms with Gasteiger partial charge in [0.2, 0.25) is 0 Å². The molecular weight excluding hydrogens is 308 g/mol. The van der Waals surface area contributed by atoms with E-state index in [1.165, 1.54) is 22.6 Å². The monoisotopic (exact) mass is 338 g/mol. The first-order chi connectivity index (χ1) is 11.6. The zero-order chi connectivity index (χ0) is 17.2. The van der Waals surface area contributed by atoms with Gasteiger partial charge in [-0.3, -0.25) is 0 Å². The molecule has 0 heterocycles. The first kappa shape index (κ1) is 17.4. The maximum Gasteiger partial charge on any atom is 0.00142 e. The van der Waals surface area contributed by atoms with E-state index in [2.05, 4.69) is 87.4 Å². The van der Waals surface area contributed by atoms with Crippen molar-refractivity contribution in [1.29, 1.82) is 0 Å². The molecule has 0 radical (unpaired) electrons. The van der Waals surface area contributed by atoms with Crippen molar-refractivity contribution in [1.82, 2.24) is 0 Å². The van der Waals surface area contributed by atoms with Crippen molar-refractivity contribution in [2.45, 2.75) is 44.9 Å². The maximum atomic E-state index is 4.37. The van der Waals surface area contributed by atoms with Crippen molar-refractivity contribution in [3.8, 4) is 0 Å². The van der Waals surface area contributed by atoms with Gasteiger partial charge in [-0.25, -0.2) is 0 Å². The summed E-state index contributed by atoms with van der Waals surface area (Å²) in [6.45, 7) is 11.5. The molecule has 0 saturated heterocycles. The van der Waals surface area contributed by atoms with Crippen LogP contribution in [0.1, 0.15) is 40.0 Å². The summed E-state index contributed by atoms with van der Waals surface area (Å²) in [6, 6.07) is 11.1. The second kappa shape index (κ2) is 7.19. The average molecular weight is 339 g/mol. The molecular formula is C23H30S. The fraction of sp³-hybridized carbons (Fsp3) is 0.391. The molecule has 0 amide bonds. The molecule has 4 atom stereocenters. The van der Waals surface area contributed by atoms with Crippen LogP contribution in [-0.4, -0.2) is 0 Å². The van der Waals surface area contributed by atoms with E-state index in [0.717, 1.165) is 6.42 Å². The summed E-state index contributed by atoms with van der Waals surface area (Å²) >= 11 is 0. The van der Waals surface area contributed by atoms with Gasteiger partial charge in [-0.1, -0.05) is 69.9 Å². The second-order valence-corrected chi connectivity index (χ2v) is 10.4. The van der Waals surface area contributed by atoms with Gasteiger partial charge in [-0.05, 0) is 64.4 Å². The summed E-state index contributed by atoms with van der Waals surface area (Å²) in [6.07, 6.45) is 13.5. The van der Waals surface area contributed by atoms with Crippen molar-refractivity contribution in [2.24, 2.45) is 17.8 Å². The third kappa shape index (κ3) is 3.07. The summed E-state index contributed by atoms with van der Waals surface area (Å²) in [5.74, 6) is 1.90. The van der Waals surface area contributed by atoms with Crippen LogP contribution >= 0.6 is 10.0 Å². The van der Waals surface area contributed by atoms with Crippen LogP contribution in [0.4, 0.5) is 0 Å². The highest BCUT2D eigenvalue weighted by atomic mass is 32.3. The minimum atomic E-state index is -1.33. The van der Waals surface area contributed by atoms with Crippen LogP contribution in [0.25, 0.3) is 0 Å². The van der Waals surface area contributed by atoms with Gasteiger partial charge in [0, 0.05) is 4.90 Å². The van der Waals surface area contributed by atoms with Gasteiger partial charge in [-0.2, -0.15) is 0 Å². The lowest BCUT2D eigenvalue weighted by atomic mass is 9.91. The molecule has 2 aliphatic rings. The predicted octanol–water partition coefficient (Wildman–Crippen LogP) is 7.42. The standard InChI is InChI=1S/C23H30S/c1-5-24(21-11-7-6-8-12-21,22-13-9-10-18(2)16-22)23-17-19(3)14-15-20(23)4/h5-9,11-13,16-20H,1,10,14-15H2,2-4H3. The van der Waals surface area contributed by atoms with Crippen molar-refractivity contribution in [3.63, 3.8) is 0 Å². The Morgan fingerprint density at radius 3 is 2.42 bits per heavy atom. The summed E-state index contributed by atoms with van der Waals surface area (Å²) in [7, 11) is -1.33. The van der Waals surface area contributed by atoms with Gasteiger partial charge < -0.3 is 0 Å². The van der Waals surface area contributed by atoms with E-state index in [9.17, 15) is 0 Å². The number of rotatable bonds is 4. The van der Waals surface area contributed by atoms with E-state index in [0.29, 0.717) is 17.8 Å². The molecule has 0 nitrogen and oxygen atoms in total. The normalized spacial score (nSPS) is 30.7. The minimum absolute atomic E-state index is 0.609. The van der Waals surface area contributed by atoms with Crippen LogP contribution in [0.3, 0.4) is 0 Å². The van der Waals surface area contributed by atoms with Crippen LogP contribution in [0.5, 0.6) is 0 Å². The predicted molar refractivity (Wildman–Crippen MR) is 109 cm³/mol. The highest BCUT2D eigenvalue weighted by Crippen LogP contribution is 2.72. The van der Waals surface area contributed by atoms with Gasteiger partial charge in [0.05, 0.1) is 0 Å². The Morgan fingerprint density at radius 1 is 1.00 bits per heavy atom. The van der Waals surface area contributed by atoms with E-state index in [4.69, 9.17) is 0 Å². The molecule has 0 spiro atoms. The number of hydrogen-bond donors (Lipinski definition) is 0. The summed E-state index contributed by atoms with van der Waals surface area (Å²) in [4.78, 5) is 4.53. The number of hydrogen-bond acceptors (Lipinski definition) is 0. The van der Waals surface area contributed by atoms with Crippen molar-refractivity contribution < 1.29 is 0 Å². The van der Waals surface area contributed by atoms with Gasteiger partial charge in [0.25, 0.3) is 0 Å². The van der Waals surface area contributed by atoms with Crippen LogP contribution in [0.2, 0.25) is 0 Å². The first-order valence-electron chi connectivity index (χ1n) is 9.19. The molecule has 1 aromatic carbocycles. The Morgan fingerprint density at radius 2 is 1.75 bits per heavy atom. The average Bonchev–Trinajstić information content (AvgIpc) is 2.60. The zero-order valence-electron chi connectivity index (χ0n) is 15.2. The highest BCUT2D eigenvalue weighted by molar-refractivity contribution is 8.42. The van der Waals surface area contributed by atoms with E-state index in [1.54, 1.807) is 4.91 Å². The highest BCUT2D eigenvalue weighted by Gasteiger charge is 2.36. The summed E-state index contributed by atoms with van der Waals surface area (Å²) in [5.41, 5.74) is 0. The Balaban J connectivity index is 2.24. The Kier molecular flexibility index (Phi) is 5.20. The van der Waals surface area contributed by atoms with E-state index >= 15 is 0 Å². The van der Waals surface area contributed by atoms with Gasteiger partial charge >= 0.3 is 0 Å². The topological polar surface area (TPSA) is 0 Å². The molecule has 1 aromatic rings. The molecule has 4 unspecified atom stereocenters. The molecule has 0 saturated carbocycles. The summed E-state index contributed by atoms with van der Waals surface area (Å²) in [5, 5.41) is 2.27. The number of allylic oxidation sites excluding steroid dienone is 5. The molecule has 1 heteroatoms. The van der Waals surface area contributed by atoms with Crippen LogP contribution in [0, 0.1) is 17.8 Å². The van der Waals surface area contributed by atoms with Crippen molar-refractivity contribution in [3.05, 3.63) is 76.4 Å². The van der Waals surface area contributed by atoms with Crippen molar-refractivity contribution in [2.75, 3.05) is 0 Å². The molecule has 2 aliphatic carbocycles. The molecule has 0 bridgehead atoms. The molecule has 3 rings (SSSR count). The molecule has 0 aromatic heterocycles. The lowest BCUT2D eigenvalue weighted by Crippen LogP contribution is -2.17. The smallest absolute Gasteiger partial charge is 0.00142 e. The molecule has 0 fully saturated rings. The largest absolute Gasteiger partial charge is 0.144 e. The minimum Gasteiger partial charge on any atom is -0.144 e. The summed E-state index contributed by atoms with van der Waals surface area (Å²) < 4.78 is 0. The van der Waals surface area contributed by atoms with Gasteiger partial charge in [-0.15, -0.1) is 10.0 Å².